The van der Waals surface area contributed by atoms with Crippen LogP contribution in [0.4, 0.5) is 0 Å². The number of hydrogen-bond donors (Lipinski definition) is 2. The van der Waals surface area contributed by atoms with Gasteiger partial charge >= 0.3 is 0 Å². The van der Waals surface area contributed by atoms with Gasteiger partial charge in [-0.3, -0.25) is 0 Å². The second-order valence-electron chi connectivity index (χ2n) is 3.96. The van der Waals surface area contributed by atoms with E-state index in [1.165, 1.54) is 0 Å². The van der Waals surface area contributed by atoms with Gasteiger partial charge in [-0.1, -0.05) is 6.07 Å². The molecule has 0 heterocycles. The average Bonchev–Trinajstić information content (AvgIpc) is 2.28. The topological polar surface area (TPSA) is 64.7 Å². The molecule has 0 fully saturated rings. The summed E-state index contributed by atoms with van der Waals surface area (Å²) in [6, 6.07) is 5.54. The fraction of sp³-hybridized carbons (Fsp3) is 0.500. The first-order valence-electron chi connectivity index (χ1n) is 5.17. The highest BCUT2D eigenvalue weighted by Crippen LogP contribution is 2.32. The van der Waals surface area contributed by atoms with Crippen molar-refractivity contribution in [1.82, 2.24) is 0 Å². The van der Waals surface area contributed by atoms with Gasteiger partial charge in [-0.25, -0.2) is 0 Å². The Kier molecular flexibility index (Phi) is 4.15. The van der Waals surface area contributed by atoms with Gasteiger partial charge in [0, 0.05) is 12.1 Å². The number of aliphatic hydroxyl groups is 1. The molecule has 16 heavy (non-hydrogen) atoms. The van der Waals surface area contributed by atoms with Crippen LogP contribution in [0.1, 0.15) is 18.9 Å². The molecule has 1 aromatic carbocycles. The maximum atomic E-state index is 8.95. The molecule has 1 aromatic rings. The number of rotatable bonds is 5. The Morgan fingerprint density at radius 3 is 2.38 bits per heavy atom. The smallest absolute Gasteiger partial charge is 0.161 e. The molecule has 0 bridgehead atoms. The van der Waals surface area contributed by atoms with Crippen LogP contribution in [0.3, 0.4) is 0 Å². The summed E-state index contributed by atoms with van der Waals surface area (Å²) in [6.07, 6.45) is 0.502. The quantitative estimate of drug-likeness (QED) is 0.791. The summed E-state index contributed by atoms with van der Waals surface area (Å²) in [5, 5.41) is 8.95. The van der Waals surface area contributed by atoms with Crippen LogP contribution in [0.5, 0.6) is 11.5 Å². The third-order valence-electron chi connectivity index (χ3n) is 2.67. The van der Waals surface area contributed by atoms with Crippen molar-refractivity contribution in [3.05, 3.63) is 23.8 Å². The maximum Gasteiger partial charge on any atom is 0.161 e. The normalized spacial score (nSPS) is 14.3. The monoisotopic (exact) mass is 225 g/mol. The minimum atomic E-state index is -0.561. The SMILES string of the molecule is COc1ccc(C(C)(N)CCO)cc1OC. The van der Waals surface area contributed by atoms with Crippen molar-refractivity contribution in [3.8, 4) is 11.5 Å². The maximum absolute atomic E-state index is 8.95. The molecule has 0 aliphatic rings. The summed E-state index contributed by atoms with van der Waals surface area (Å²) in [5.74, 6) is 1.32. The van der Waals surface area contributed by atoms with Crippen LogP contribution in [0, 0.1) is 0 Å². The molecule has 4 heteroatoms. The molecule has 0 aliphatic heterocycles. The highest BCUT2D eigenvalue weighted by molar-refractivity contribution is 5.44. The van der Waals surface area contributed by atoms with E-state index in [0.29, 0.717) is 17.9 Å². The number of nitrogens with two attached hydrogens (primary N) is 1. The molecule has 90 valence electrons. The fourth-order valence-electron chi connectivity index (χ4n) is 1.57. The van der Waals surface area contributed by atoms with Crippen LogP contribution < -0.4 is 15.2 Å². The second-order valence-corrected chi connectivity index (χ2v) is 3.96. The van der Waals surface area contributed by atoms with E-state index < -0.39 is 5.54 Å². The van der Waals surface area contributed by atoms with Crippen molar-refractivity contribution in [1.29, 1.82) is 0 Å². The van der Waals surface area contributed by atoms with Crippen LogP contribution >= 0.6 is 0 Å². The summed E-state index contributed by atoms with van der Waals surface area (Å²) in [4.78, 5) is 0. The van der Waals surface area contributed by atoms with Gasteiger partial charge in [0.2, 0.25) is 0 Å². The van der Waals surface area contributed by atoms with Gasteiger partial charge in [-0.15, -0.1) is 0 Å². The van der Waals surface area contributed by atoms with E-state index in [4.69, 9.17) is 20.3 Å². The van der Waals surface area contributed by atoms with Gasteiger partial charge < -0.3 is 20.3 Å². The molecule has 0 saturated heterocycles. The highest BCUT2D eigenvalue weighted by Gasteiger charge is 2.21. The molecule has 0 aromatic heterocycles. The van der Waals surface area contributed by atoms with Crippen LogP contribution in [0.25, 0.3) is 0 Å². The van der Waals surface area contributed by atoms with E-state index in [2.05, 4.69) is 0 Å². The zero-order valence-corrected chi connectivity index (χ0v) is 9.99. The Hall–Kier alpha value is -1.26. The molecular formula is C12H19NO3. The van der Waals surface area contributed by atoms with Crippen molar-refractivity contribution in [2.24, 2.45) is 5.73 Å². The fourth-order valence-corrected chi connectivity index (χ4v) is 1.57. The molecule has 0 spiro atoms. The van der Waals surface area contributed by atoms with Crippen molar-refractivity contribution < 1.29 is 14.6 Å². The van der Waals surface area contributed by atoms with Gasteiger partial charge in [0.1, 0.15) is 0 Å². The molecule has 4 nitrogen and oxygen atoms in total. The Morgan fingerprint density at radius 1 is 1.25 bits per heavy atom. The Morgan fingerprint density at radius 2 is 1.88 bits per heavy atom. The second kappa shape index (κ2) is 5.18. The molecule has 0 saturated carbocycles. The lowest BCUT2D eigenvalue weighted by atomic mass is 9.90. The van der Waals surface area contributed by atoms with Gasteiger partial charge in [-0.2, -0.15) is 0 Å². The minimum absolute atomic E-state index is 0.0569. The summed E-state index contributed by atoms with van der Waals surface area (Å²) in [7, 11) is 3.18. The lowest BCUT2D eigenvalue weighted by molar-refractivity contribution is 0.246. The summed E-state index contributed by atoms with van der Waals surface area (Å²) in [5.41, 5.74) is 6.46. The minimum Gasteiger partial charge on any atom is -0.493 e. The van der Waals surface area contributed by atoms with Crippen LogP contribution in [0.2, 0.25) is 0 Å². The first-order valence-corrected chi connectivity index (χ1v) is 5.17. The molecule has 0 aliphatic carbocycles. The molecule has 1 unspecified atom stereocenters. The van der Waals surface area contributed by atoms with E-state index in [1.54, 1.807) is 14.2 Å². The zero-order chi connectivity index (χ0) is 12.2. The first kappa shape index (κ1) is 12.8. The predicted molar refractivity (Wildman–Crippen MR) is 62.8 cm³/mol. The van der Waals surface area contributed by atoms with Gasteiger partial charge in [0.25, 0.3) is 0 Å². The standard InChI is InChI=1S/C12H19NO3/c1-12(13,6-7-14)9-4-5-10(15-2)11(8-9)16-3/h4-5,8,14H,6-7,13H2,1-3H3. The van der Waals surface area contributed by atoms with Gasteiger partial charge in [0.05, 0.1) is 14.2 Å². The first-order chi connectivity index (χ1) is 7.55. The summed E-state index contributed by atoms with van der Waals surface area (Å²) in [6.45, 7) is 1.94. The lowest BCUT2D eigenvalue weighted by Gasteiger charge is -2.25. The van der Waals surface area contributed by atoms with E-state index in [-0.39, 0.29) is 6.61 Å². The van der Waals surface area contributed by atoms with Crippen molar-refractivity contribution in [2.75, 3.05) is 20.8 Å². The molecule has 1 atom stereocenters. The highest BCUT2D eigenvalue weighted by atomic mass is 16.5. The lowest BCUT2D eigenvalue weighted by Crippen LogP contribution is -2.34. The Bertz CT molecular complexity index is 350. The van der Waals surface area contributed by atoms with E-state index in [9.17, 15) is 0 Å². The van der Waals surface area contributed by atoms with Crippen molar-refractivity contribution in [2.45, 2.75) is 18.9 Å². The molecule has 3 N–H and O–H groups in total. The van der Waals surface area contributed by atoms with Crippen LogP contribution in [0.15, 0.2) is 18.2 Å². The largest absolute Gasteiger partial charge is 0.493 e. The molecule has 0 radical (unpaired) electrons. The molecule has 1 rings (SSSR count). The predicted octanol–water partition coefficient (Wildman–Crippen LogP) is 1.26. The van der Waals surface area contributed by atoms with Gasteiger partial charge in [0.15, 0.2) is 11.5 Å². The van der Waals surface area contributed by atoms with Gasteiger partial charge in [-0.05, 0) is 31.0 Å². The number of ether oxygens (including phenoxy) is 2. The number of hydrogen-bond acceptors (Lipinski definition) is 4. The van der Waals surface area contributed by atoms with Crippen LogP contribution in [-0.2, 0) is 5.54 Å². The third-order valence-corrected chi connectivity index (χ3v) is 2.67. The average molecular weight is 225 g/mol. The summed E-state index contributed by atoms with van der Waals surface area (Å²) < 4.78 is 10.4. The van der Waals surface area contributed by atoms with Crippen molar-refractivity contribution in [3.63, 3.8) is 0 Å². The van der Waals surface area contributed by atoms with E-state index in [0.717, 1.165) is 5.56 Å². The number of methoxy groups -OCH3 is 2. The Balaban J connectivity index is 3.07. The number of benzene rings is 1. The third kappa shape index (κ3) is 2.65. The van der Waals surface area contributed by atoms with Crippen molar-refractivity contribution >= 4 is 0 Å². The Labute approximate surface area is 96.0 Å². The van der Waals surface area contributed by atoms with E-state index in [1.807, 2.05) is 25.1 Å². The number of aliphatic hydroxyl groups excluding tert-OH is 1. The zero-order valence-electron chi connectivity index (χ0n) is 9.99. The summed E-state index contributed by atoms with van der Waals surface area (Å²) >= 11 is 0. The molecular weight excluding hydrogens is 206 g/mol. The van der Waals surface area contributed by atoms with E-state index >= 15 is 0 Å². The van der Waals surface area contributed by atoms with Crippen LogP contribution in [-0.4, -0.2) is 25.9 Å². The molecule has 0 amide bonds.